The molecule has 1 amide bonds. The van der Waals surface area contributed by atoms with Crippen molar-refractivity contribution >= 4 is 6.09 Å². The number of carbonyl (C=O) groups excluding carboxylic acids is 1. The molecule has 5 heteroatoms. The van der Waals surface area contributed by atoms with Gasteiger partial charge >= 0.3 is 6.09 Å². The number of carbonyl (C=O) groups is 1. The number of rotatable bonds is 5. The summed E-state index contributed by atoms with van der Waals surface area (Å²) in [4.78, 5) is 13.5. The summed E-state index contributed by atoms with van der Waals surface area (Å²) >= 11 is 0. The van der Waals surface area contributed by atoms with Crippen LogP contribution in [0.25, 0.3) is 0 Å². The van der Waals surface area contributed by atoms with E-state index in [1.54, 1.807) is 11.9 Å². The van der Waals surface area contributed by atoms with Crippen LogP contribution in [0.5, 0.6) is 0 Å². The molecule has 1 rings (SSSR count). The number of piperidine rings is 1. The molecule has 2 N–H and O–H groups in total. The molecule has 0 aromatic heterocycles. The quantitative estimate of drug-likeness (QED) is 0.809. The van der Waals surface area contributed by atoms with Crippen molar-refractivity contribution in [1.29, 1.82) is 0 Å². The van der Waals surface area contributed by atoms with Crippen molar-refractivity contribution in [2.45, 2.75) is 52.2 Å². The summed E-state index contributed by atoms with van der Waals surface area (Å²) in [7, 11) is 1.80. The molecule has 2 unspecified atom stereocenters. The van der Waals surface area contributed by atoms with Crippen molar-refractivity contribution in [3.8, 4) is 0 Å². The van der Waals surface area contributed by atoms with Gasteiger partial charge in [0.15, 0.2) is 0 Å². The van der Waals surface area contributed by atoms with E-state index in [-0.39, 0.29) is 6.09 Å². The first kappa shape index (κ1) is 17.2. The van der Waals surface area contributed by atoms with Crippen LogP contribution < -0.4 is 10.6 Å². The Bertz CT molecular complexity index is 296. The van der Waals surface area contributed by atoms with Gasteiger partial charge in [0.25, 0.3) is 0 Å². The number of nitrogens with zero attached hydrogens (tertiary/aromatic N) is 1. The Morgan fingerprint density at radius 2 is 2.20 bits per heavy atom. The molecule has 0 spiro atoms. The van der Waals surface area contributed by atoms with Crippen LogP contribution in [0.2, 0.25) is 0 Å². The molecule has 0 bridgehead atoms. The molecule has 1 fully saturated rings. The van der Waals surface area contributed by atoms with Gasteiger partial charge in [0.1, 0.15) is 5.60 Å². The van der Waals surface area contributed by atoms with Gasteiger partial charge in [-0.2, -0.15) is 0 Å². The number of nitrogens with one attached hydrogen (secondary N) is 2. The van der Waals surface area contributed by atoms with Crippen LogP contribution >= 0.6 is 0 Å². The average Bonchev–Trinajstić information content (AvgIpc) is 2.35. The maximum Gasteiger partial charge on any atom is 0.410 e. The van der Waals surface area contributed by atoms with E-state index in [4.69, 9.17) is 4.74 Å². The van der Waals surface area contributed by atoms with Crippen LogP contribution in [0, 0.1) is 5.92 Å². The third-order valence-corrected chi connectivity index (χ3v) is 3.34. The van der Waals surface area contributed by atoms with E-state index in [1.165, 1.54) is 12.8 Å². The molecule has 1 aliphatic heterocycles. The second-order valence-electron chi connectivity index (χ2n) is 6.92. The summed E-state index contributed by atoms with van der Waals surface area (Å²) in [6.45, 7) is 11.6. The third-order valence-electron chi connectivity index (χ3n) is 3.34. The standard InChI is InChI=1S/C15H31N3O2/c1-12(9-17-13-7-6-8-16-10-13)11-18(5)14(19)20-15(2,3)4/h12-13,16-17H,6-11H2,1-5H3. The molecular formula is C15H31N3O2. The highest BCUT2D eigenvalue weighted by Crippen LogP contribution is 2.10. The first-order chi connectivity index (χ1) is 9.28. The number of ether oxygens (including phenoxy) is 1. The lowest BCUT2D eigenvalue weighted by Gasteiger charge is -2.28. The number of amides is 1. The second kappa shape index (κ2) is 7.84. The lowest BCUT2D eigenvalue weighted by Crippen LogP contribution is -2.46. The van der Waals surface area contributed by atoms with Gasteiger partial charge in [0.2, 0.25) is 0 Å². The zero-order chi connectivity index (χ0) is 15.2. The van der Waals surface area contributed by atoms with E-state index >= 15 is 0 Å². The van der Waals surface area contributed by atoms with Crippen LogP contribution in [-0.2, 0) is 4.74 Å². The molecule has 0 aromatic rings. The van der Waals surface area contributed by atoms with Gasteiger partial charge in [0, 0.05) is 26.2 Å². The van der Waals surface area contributed by atoms with E-state index < -0.39 is 5.60 Å². The highest BCUT2D eigenvalue weighted by molar-refractivity contribution is 5.67. The summed E-state index contributed by atoms with van der Waals surface area (Å²) in [5.74, 6) is 0.412. The molecule has 5 nitrogen and oxygen atoms in total. The third kappa shape index (κ3) is 7.10. The van der Waals surface area contributed by atoms with Crippen molar-refractivity contribution in [3.63, 3.8) is 0 Å². The molecule has 1 saturated heterocycles. The maximum absolute atomic E-state index is 11.9. The summed E-state index contributed by atoms with van der Waals surface area (Å²) < 4.78 is 5.35. The van der Waals surface area contributed by atoms with Crippen LogP contribution in [0.4, 0.5) is 4.79 Å². The molecule has 118 valence electrons. The Balaban J connectivity index is 2.23. The highest BCUT2D eigenvalue weighted by atomic mass is 16.6. The molecule has 0 aliphatic carbocycles. The normalized spacial score (nSPS) is 21.4. The van der Waals surface area contributed by atoms with E-state index in [9.17, 15) is 4.79 Å². The van der Waals surface area contributed by atoms with Gasteiger partial charge in [-0.3, -0.25) is 0 Å². The summed E-state index contributed by atoms with van der Waals surface area (Å²) in [5.41, 5.74) is -0.430. The van der Waals surface area contributed by atoms with E-state index in [1.807, 2.05) is 20.8 Å². The van der Waals surface area contributed by atoms with Gasteiger partial charge in [-0.25, -0.2) is 4.79 Å². The Kier molecular flexibility index (Phi) is 6.76. The van der Waals surface area contributed by atoms with Crippen molar-refractivity contribution in [2.24, 2.45) is 5.92 Å². The molecule has 1 aliphatic rings. The first-order valence-corrected chi connectivity index (χ1v) is 7.66. The lowest BCUT2D eigenvalue weighted by molar-refractivity contribution is 0.0276. The van der Waals surface area contributed by atoms with Crippen molar-refractivity contribution in [3.05, 3.63) is 0 Å². The van der Waals surface area contributed by atoms with Crippen LogP contribution in [-0.4, -0.2) is 55.9 Å². The molecule has 20 heavy (non-hydrogen) atoms. The van der Waals surface area contributed by atoms with Crippen molar-refractivity contribution < 1.29 is 9.53 Å². The molecule has 0 radical (unpaired) electrons. The predicted molar refractivity (Wildman–Crippen MR) is 81.9 cm³/mol. The predicted octanol–water partition coefficient (Wildman–Crippen LogP) is 1.83. The highest BCUT2D eigenvalue weighted by Gasteiger charge is 2.21. The van der Waals surface area contributed by atoms with E-state index in [0.29, 0.717) is 18.5 Å². The fraction of sp³-hybridized carbons (Fsp3) is 0.933. The zero-order valence-corrected chi connectivity index (χ0v) is 13.7. The molecule has 0 aromatic carbocycles. The molecular weight excluding hydrogens is 254 g/mol. The summed E-state index contributed by atoms with van der Waals surface area (Å²) in [6, 6.07) is 0.568. The molecule has 1 heterocycles. The van der Waals surface area contributed by atoms with Gasteiger partial charge < -0.3 is 20.3 Å². The van der Waals surface area contributed by atoms with Gasteiger partial charge in [-0.1, -0.05) is 6.92 Å². The van der Waals surface area contributed by atoms with Gasteiger partial charge in [-0.05, 0) is 52.6 Å². The Morgan fingerprint density at radius 3 is 2.75 bits per heavy atom. The van der Waals surface area contributed by atoms with Crippen LogP contribution in [0.1, 0.15) is 40.5 Å². The number of hydrogen-bond acceptors (Lipinski definition) is 4. The molecule has 2 atom stereocenters. The minimum absolute atomic E-state index is 0.247. The topological polar surface area (TPSA) is 53.6 Å². The monoisotopic (exact) mass is 285 g/mol. The smallest absolute Gasteiger partial charge is 0.410 e. The first-order valence-electron chi connectivity index (χ1n) is 7.66. The van der Waals surface area contributed by atoms with Crippen molar-refractivity contribution in [2.75, 3.05) is 33.2 Å². The average molecular weight is 285 g/mol. The van der Waals surface area contributed by atoms with Crippen LogP contribution in [0.3, 0.4) is 0 Å². The van der Waals surface area contributed by atoms with Gasteiger partial charge in [0.05, 0.1) is 0 Å². The van der Waals surface area contributed by atoms with E-state index in [2.05, 4.69) is 17.6 Å². The largest absolute Gasteiger partial charge is 0.444 e. The summed E-state index contributed by atoms with van der Waals surface area (Å²) in [5, 5.41) is 6.97. The zero-order valence-electron chi connectivity index (χ0n) is 13.7. The Labute approximate surface area is 123 Å². The van der Waals surface area contributed by atoms with E-state index in [0.717, 1.165) is 19.6 Å². The number of hydrogen-bond donors (Lipinski definition) is 2. The fourth-order valence-corrected chi connectivity index (χ4v) is 2.34. The SMILES string of the molecule is CC(CNC1CCCNC1)CN(C)C(=O)OC(C)(C)C. The minimum Gasteiger partial charge on any atom is -0.444 e. The maximum atomic E-state index is 11.9. The minimum atomic E-state index is -0.430. The lowest BCUT2D eigenvalue weighted by atomic mass is 10.1. The fourth-order valence-electron chi connectivity index (χ4n) is 2.34. The Morgan fingerprint density at radius 1 is 1.50 bits per heavy atom. The molecule has 0 saturated carbocycles. The van der Waals surface area contributed by atoms with Gasteiger partial charge in [-0.15, -0.1) is 0 Å². The summed E-state index contributed by atoms with van der Waals surface area (Å²) in [6.07, 6.45) is 2.23. The Hall–Kier alpha value is -0.810. The van der Waals surface area contributed by atoms with Crippen molar-refractivity contribution in [1.82, 2.24) is 15.5 Å². The van der Waals surface area contributed by atoms with Crippen LogP contribution in [0.15, 0.2) is 0 Å². The second-order valence-corrected chi connectivity index (χ2v) is 6.92.